The van der Waals surface area contributed by atoms with Crippen molar-refractivity contribution in [3.8, 4) is 5.75 Å². The average molecular weight is 291 g/mol. The van der Waals surface area contributed by atoms with E-state index in [2.05, 4.69) is 0 Å². The molecule has 0 radical (unpaired) electrons. The van der Waals surface area contributed by atoms with E-state index in [1.54, 1.807) is 18.2 Å². The minimum absolute atomic E-state index is 0.0963. The average Bonchev–Trinajstić information content (AvgIpc) is 2.90. The maximum absolute atomic E-state index is 13.5. The molecule has 3 rings (SSSR count). The fourth-order valence-corrected chi connectivity index (χ4v) is 2.00. The normalized spacial score (nSPS) is 10.8. The van der Waals surface area contributed by atoms with E-state index in [1.807, 2.05) is 5.48 Å². The van der Waals surface area contributed by atoms with Crippen LogP contribution < -0.4 is 10.2 Å². The third kappa shape index (κ3) is 2.66. The zero-order chi connectivity index (χ0) is 14.8. The van der Waals surface area contributed by atoms with Gasteiger partial charge in [-0.05, 0) is 30.3 Å². The standard InChI is InChI=1S/C15H11F2NO3/c16-10-1-4-13(17)9(5-10)7-20-11-2-3-12-14(18-19)8-21-15(12)6-11/h1-6,8,18-19H,7H2. The van der Waals surface area contributed by atoms with Crippen LogP contribution in [0.5, 0.6) is 5.75 Å². The van der Waals surface area contributed by atoms with Crippen LogP contribution in [0.4, 0.5) is 14.5 Å². The number of halogens is 2. The monoisotopic (exact) mass is 291 g/mol. The summed E-state index contributed by atoms with van der Waals surface area (Å²) >= 11 is 0. The molecule has 0 aliphatic rings. The minimum Gasteiger partial charge on any atom is -0.489 e. The Bertz CT molecular complexity index is 786. The van der Waals surface area contributed by atoms with Crippen LogP contribution in [0.1, 0.15) is 5.56 Å². The van der Waals surface area contributed by atoms with E-state index in [0.717, 1.165) is 18.2 Å². The molecule has 0 fully saturated rings. The molecular weight excluding hydrogens is 280 g/mol. The number of hydrogen-bond donors (Lipinski definition) is 2. The lowest BCUT2D eigenvalue weighted by Gasteiger charge is -2.07. The summed E-state index contributed by atoms with van der Waals surface area (Å²) < 4.78 is 37.2. The molecule has 0 spiro atoms. The first-order valence-corrected chi connectivity index (χ1v) is 6.15. The first-order valence-electron chi connectivity index (χ1n) is 6.15. The fourth-order valence-electron chi connectivity index (χ4n) is 2.00. The molecule has 2 aromatic carbocycles. The number of nitrogens with one attached hydrogen (secondary N) is 1. The van der Waals surface area contributed by atoms with E-state index in [0.29, 0.717) is 22.4 Å². The zero-order valence-electron chi connectivity index (χ0n) is 10.8. The Morgan fingerprint density at radius 1 is 1.14 bits per heavy atom. The largest absolute Gasteiger partial charge is 0.489 e. The van der Waals surface area contributed by atoms with Crippen molar-refractivity contribution < 1.29 is 23.1 Å². The van der Waals surface area contributed by atoms with Crippen LogP contribution in [0.3, 0.4) is 0 Å². The molecule has 2 N–H and O–H groups in total. The Kier molecular flexibility index (Phi) is 3.45. The summed E-state index contributed by atoms with van der Waals surface area (Å²) in [5.41, 5.74) is 3.09. The Balaban J connectivity index is 1.80. The summed E-state index contributed by atoms with van der Waals surface area (Å²) in [6.07, 6.45) is 1.36. The predicted octanol–water partition coefficient (Wildman–Crippen LogP) is 4.09. The Labute approximate surface area is 118 Å². The van der Waals surface area contributed by atoms with Crippen molar-refractivity contribution >= 4 is 16.7 Å². The van der Waals surface area contributed by atoms with E-state index in [9.17, 15) is 8.78 Å². The lowest BCUT2D eigenvalue weighted by Crippen LogP contribution is -1.99. The van der Waals surface area contributed by atoms with Gasteiger partial charge in [0.15, 0.2) is 0 Å². The first-order chi connectivity index (χ1) is 10.2. The van der Waals surface area contributed by atoms with Gasteiger partial charge in [0.05, 0.1) is 0 Å². The third-order valence-electron chi connectivity index (χ3n) is 3.07. The highest BCUT2D eigenvalue weighted by Gasteiger charge is 2.08. The second kappa shape index (κ2) is 5.41. The van der Waals surface area contributed by atoms with Crippen molar-refractivity contribution in [2.45, 2.75) is 6.61 Å². The molecule has 3 aromatic rings. The Morgan fingerprint density at radius 3 is 2.81 bits per heavy atom. The molecule has 0 aliphatic carbocycles. The van der Waals surface area contributed by atoms with Gasteiger partial charge in [-0.1, -0.05) is 0 Å². The van der Waals surface area contributed by atoms with Gasteiger partial charge in [-0.2, -0.15) is 0 Å². The number of furan rings is 1. The second-order valence-electron chi connectivity index (χ2n) is 4.44. The summed E-state index contributed by atoms with van der Waals surface area (Å²) in [7, 11) is 0. The van der Waals surface area contributed by atoms with Gasteiger partial charge < -0.3 is 9.15 Å². The van der Waals surface area contributed by atoms with Gasteiger partial charge in [0.2, 0.25) is 0 Å². The summed E-state index contributed by atoms with van der Waals surface area (Å²) in [6, 6.07) is 8.15. The van der Waals surface area contributed by atoms with Crippen LogP contribution >= 0.6 is 0 Å². The molecular formula is C15H11F2NO3. The third-order valence-corrected chi connectivity index (χ3v) is 3.07. The van der Waals surface area contributed by atoms with Crippen molar-refractivity contribution in [2.24, 2.45) is 0 Å². The number of anilines is 1. The lowest BCUT2D eigenvalue weighted by atomic mass is 10.2. The topological polar surface area (TPSA) is 54.6 Å². The van der Waals surface area contributed by atoms with Crippen LogP contribution in [0, 0.1) is 11.6 Å². The molecule has 108 valence electrons. The molecule has 0 saturated carbocycles. The van der Waals surface area contributed by atoms with E-state index in [-0.39, 0.29) is 12.2 Å². The quantitative estimate of drug-likeness (QED) is 0.711. The lowest BCUT2D eigenvalue weighted by molar-refractivity contribution is 0.299. The highest BCUT2D eigenvalue weighted by molar-refractivity contribution is 5.90. The van der Waals surface area contributed by atoms with Gasteiger partial charge in [0.25, 0.3) is 0 Å². The van der Waals surface area contributed by atoms with Gasteiger partial charge >= 0.3 is 0 Å². The smallest absolute Gasteiger partial charge is 0.139 e. The maximum atomic E-state index is 13.5. The Morgan fingerprint density at radius 2 is 2.00 bits per heavy atom. The summed E-state index contributed by atoms with van der Waals surface area (Å²) in [5.74, 6) is -0.595. The Hall–Kier alpha value is -2.60. The molecule has 6 heteroatoms. The highest BCUT2D eigenvalue weighted by Crippen LogP contribution is 2.29. The van der Waals surface area contributed by atoms with E-state index < -0.39 is 11.6 Å². The van der Waals surface area contributed by atoms with Gasteiger partial charge in [0.1, 0.15) is 41.5 Å². The van der Waals surface area contributed by atoms with E-state index >= 15 is 0 Å². The first kappa shape index (κ1) is 13.4. The summed E-state index contributed by atoms with van der Waals surface area (Å²) in [6.45, 7) is -0.0963. The van der Waals surface area contributed by atoms with Crippen LogP contribution in [-0.2, 0) is 6.61 Å². The molecule has 21 heavy (non-hydrogen) atoms. The number of hydrogen-bond acceptors (Lipinski definition) is 4. The van der Waals surface area contributed by atoms with Crippen LogP contribution in [0.15, 0.2) is 47.1 Å². The molecule has 4 nitrogen and oxygen atoms in total. The van der Waals surface area contributed by atoms with E-state index in [1.165, 1.54) is 6.26 Å². The number of ether oxygens (including phenoxy) is 1. The zero-order valence-corrected chi connectivity index (χ0v) is 10.8. The van der Waals surface area contributed by atoms with Gasteiger partial charge in [0, 0.05) is 17.0 Å². The predicted molar refractivity (Wildman–Crippen MR) is 72.3 cm³/mol. The van der Waals surface area contributed by atoms with Gasteiger partial charge in [-0.15, -0.1) is 0 Å². The molecule has 0 bridgehead atoms. The van der Waals surface area contributed by atoms with Crippen molar-refractivity contribution in [1.82, 2.24) is 0 Å². The van der Waals surface area contributed by atoms with Crippen molar-refractivity contribution in [2.75, 3.05) is 5.48 Å². The van der Waals surface area contributed by atoms with Crippen molar-refractivity contribution in [1.29, 1.82) is 0 Å². The minimum atomic E-state index is -0.526. The van der Waals surface area contributed by atoms with Gasteiger partial charge in [-0.25, -0.2) is 8.78 Å². The van der Waals surface area contributed by atoms with Crippen LogP contribution in [-0.4, -0.2) is 5.21 Å². The molecule has 0 atom stereocenters. The van der Waals surface area contributed by atoms with E-state index in [4.69, 9.17) is 14.4 Å². The highest BCUT2D eigenvalue weighted by atomic mass is 19.1. The fraction of sp³-hybridized carbons (Fsp3) is 0.0667. The van der Waals surface area contributed by atoms with Gasteiger partial charge in [-0.3, -0.25) is 10.7 Å². The second-order valence-corrected chi connectivity index (χ2v) is 4.44. The summed E-state index contributed by atoms with van der Waals surface area (Å²) in [5, 5.41) is 9.57. The van der Waals surface area contributed by atoms with Crippen molar-refractivity contribution in [3.05, 3.63) is 59.9 Å². The van der Waals surface area contributed by atoms with Crippen molar-refractivity contribution in [3.63, 3.8) is 0 Å². The van der Waals surface area contributed by atoms with Crippen LogP contribution in [0.2, 0.25) is 0 Å². The number of rotatable bonds is 4. The molecule has 0 saturated heterocycles. The molecule has 1 aromatic heterocycles. The molecule has 1 heterocycles. The molecule has 0 unspecified atom stereocenters. The maximum Gasteiger partial charge on any atom is 0.139 e. The van der Waals surface area contributed by atoms with Crippen LogP contribution in [0.25, 0.3) is 11.0 Å². The molecule has 0 amide bonds. The molecule has 0 aliphatic heterocycles. The summed E-state index contributed by atoms with van der Waals surface area (Å²) in [4.78, 5) is 0. The number of benzene rings is 2. The SMILES string of the molecule is ONc1coc2cc(OCc3cc(F)ccc3F)ccc12. The number of fused-ring (bicyclic) bond motifs is 1.